The quantitative estimate of drug-likeness (QED) is 0.878. The molecule has 1 amide bonds. The van der Waals surface area contributed by atoms with Gasteiger partial charge in [0.25, 0.3) is 0 Å². The lowest BCUT2D eigenvalue weighted by atomic mass is 9.83. The molecule has 23 heavy (non-hydrogen) atoms. The second kappa shape index (κ2) is 6.75. The highest BCUT2D eigenvalue weighted by Crippen LogP contribution is 2.42. The van der Waals surface area contributed by atoms with Gasteiger partial charge in [-0.15, -0.1) is 11.3 Å². The summed E-state index contributed by atoms with van der Waals surface area (Å²) in [5.41, 5.74) is 0.902. The lowest BCUT2D eigenvalue weighted by Crippen LogP contribution is -2.44. The van der Waals surface area contributed by atoms with E-state index < -0.39 is 0 Å². The Morgan fingerprint density at radius 1 is 1.26 bits per heavy atom. The Hall–Kier alpha value is -1.81. The van der Waals surface area contributed by atoms with Crippen LogP contribution in [-0.4, -0.2) is 11.5 Å². The minimum absolute atomic E-state index is 0.0207. The van der Waals surface area contributed by atoms with Gasteiger partial charge in [0.15, 0.2) is 0 Å². The zero-order valence-corrected chi connectivity index (χ0v) is 14.5. The first kappa shape index (κ1) is 16.1. The maximum atomic E-state index is 12.4. The molecule has 0 saturated heterocycles. The van der Waals surface area contributed by atoms with E-state index in [1.807, 2.05) is 35.7 Å². The third-order valence-corrected chi connectivity index (χ3v) is 5.61. The maximum absolute atomic E-state index is 12.4. The smallest absolute Gasteiger partial charge is 0.225 e. The Labute approximate surface area is 141 Å². The van der Waals surface area contributed by atoms with E-state index in [1.165, 1.54) is 0 Å². The first-order valence-electron chi connectivity index (χ1n) is 8.25. The van der Waals surface area contributed by atoms with Crippen molar-refractivity contribution < 1.29 is 9.53 Å². The van der Waals surface area contributed by atoms with Crippen molar-refractivity contribution in [3.05, 3.63) is 52.2 Å². The number of amides is 1. The molecule has 0 fully saturated rings. The van der Waals surface area contributed by atoms with Crippen LogP contribution in [0.3, 0.4) is 0 Å². The van der Waals surface area contributed by atoms with Crippen LogP contribution in [0.2, 0.25) is 0 Å². The molecule has 0 unspecified atom stereocenters. The van der Waals surface area contributed by atoms with Crippen molar-refractivity contribution in [2.45, 2.75) is 51.2 Å². The van der Waals surface area contributed by atoms with E-state index in [2.05, 4.69) is 25.2 Å². The van der Waals surface area contributed by atoms with Gasteiger partial charge in [0.2, 0.25) is 5.91 Å². The van der Waals surface area contributed by atoms with Crippen molar-refractivity contribution in [2.24, 2.45) is 0 Å². The van der Waals surface area contributed by atoms with Crippen molar-refractivity contribution >= 4 is 17.2 Å². The Morgan fingerprint density at radius 3 is 2.74 bits per heavy atom. The average molecular weight is 329 g/mol. The first-order valence-corrected chi connectivity index (χ1v) is 9.13. The second-order valence-electron chi connectivity index (χ2n) is 6.11. The fourth-order valence-electron chi connectivity index (χ4n) is 3.25. The first-order chi connectivity index (χ1) is 11.2. The molecule has 3 rings (SSSR count). The molecule has 2 aromatic rings. The number of hydrogen-bond acceptors (Lipinski definition) is 3. The van der Waals surface area contributed by atoms with Crippen LogP contribution >= 0.6 is 11.3 Å². The summed E-state index contributed by atoms with van der Waals surface area (Å²) < 4.78 is 6.29. The number of ether oxygens (including phenoxy) is 1. The van der Waals surface area contributed by atoms with Crippen LogP contribution < -0.4 is 10.1 Å². The van der Waals surface area contributed by atoms with E-state index in [0.717, 1.165) is 35.5 Å². The molecule has 2 heterocycles. The van der Waals surface area contributed by atoms with Gasteiger partial charge in [-0.2, -0.15) is 0 Å². The molecular weight excluding hydrogens is 306 g/mol. The molecule has 3 nitrogen and oxygen atoms in total. The van der Waals surface area contributed by atoms with Gasteiger partial charge in [-0.1, -0.05) is 38.1 Å². The molecule has 1 N–H and O–H groups in total. The van der Waals surface area contributed by atoms with E-state index in [-0.39, 0.29) is 17.6 Å². The van der Waals surface area contributed by atoms with Crippen molar-refractivity contribution in [3.63, 3.8) is 0 Å². The molecule has 0 bridgehead atoms. The van der Waals surface area contributed by atoms with Gasteiger partial charge >= 0.3 is 0 Å². The number of carbonyl (C=O) groups is 1. The van der Waals surface area contributed by atoms with Crippen LogP contribution in [0.25, 0.3) is 0 Å². The van der Waals surface area contributed by atoms with Crippen molar-refractivity contribution in [2.75, 3.05) is 0 Å². The minimum Gasteiger partial charge on any atom is -0.487 e. The van der Waals surface area contributed by atoms with Crippen LogP contribution in [0.1, 0.15) is 49.6 Å². The summed E-state index contributed by atoms with van der Waals surface area (Å²) >= 11 is 1.62. The predicted octanol–water partition coefficient (Wildman–Crippen LogP) is 4.49. The van der Waals surface area contributed by atoms with E-state index in [1.54, 1.807) is 11.3 Å². The molecule has 1 aliphatic rings. The van der Waals surface area contributed by atoms with E-state index in [9.17, 15) is 4.79 Å². The topological polar surface area (TPSA) is 38.3 Å². The number of hydrogen-bond donors (Lipinski definition) is 1. The average Bonchev–Trinajstić information content (AvgIpc) is 3.07. The molecule has 0 saturated carbocycles. The zero-order chi connectivity index (χ0) is 16.3. The van der Waals surface area contributed by atoms with Gasteiger partial charge in [-0.25, -0.2) is 0 Å². The number of para-hydroxylation sites is 1. The summed E-state index contributed by atoms with van der Waals surface area (Å²) in [5.74, 6) is 0.985. The number of thiophene rings is 1. The Morgan fingerprint density at radius 2 is 2.04 bits per heavy atom. The highest BCUT2D eigenvalue weighted by molar-refractivity contribution is 7.10. The summed E-state index contributed by atoms with van der Waals surface area (Å²) in [6, 6.07) is 12.1. The SMILES string of the molecule is CCC1(CC)C[C@H](NC(=O)Cc2cccs2)c2ccccc2O1. The summed E-state index contributed by atoms with van der Waals surface area (Å²) in [5, 5.41) is 5.23. The number of rotatable bonds is 5. The predicted molar refractivity (Wildman–Crippen MR) is 93.9 cm³/mol. The van der Waals surface area contributed by atoms with Gasteiger partial charge in [0, 0.05) is 16.9 Å². The summed E-state index contributed by atoms with van der Waals surface area (Å²) in [7, 11) is 0. The molecule has 1 atom stereocenters. The van der Waals surface area contributed by atoms with Crippen LogP contribution in [0.4, 0.5) is 0 Å². The largest absolute Gasteiger partial charge is 0.487 e. The van der Waals surface area contributed by atoms with Gasteiger partial charge < -0.3 is 10.1 Å². The van der Waals surface area contributed by atoms with Crippen molar-refractivity contribution in [3.8, 4) is 5.75 Å². The van der Waals surface area contributed by atoms with Crippen LogP contribution in [0.15, 0.2) is 41.8 Å². The van der Waals surface area contributed by atoms with E-state index >= 15 is 0 Å². The minimum atomic E-state index is -0.185. The van der Waals surface area contributed by atoms with Crippen LogP contribution in [0, 0.1) is 0 Å². The Bertz CT molecular complexity index is 662. The Kier molecular flexibility index (Phi) is 4.71. The Balaban J connectivity index is 1.80. The van der Waals surface area contributed by atoms with E-state index in [0.29, 0.717) is 6.42 Å². The van der Waals surface area contributed by atoms with Crippen molar-refractivity contribution in [1.82, 2.24) is 5.32 Å². The standard InChI is InChI=1S/C19H23NO2S/c1-3-19(4-2)13-16(15-9-5-6-10-17(15)22-19)20-18(21)12-14-8-7-11-23-14/h5-11,16H,3-4,12-13H2,1-2H3,(H,20,21)/t16-/m0/s1. The molecule has 1 aliphatic heterocycles. The molecule has 0 spiro atoms. The lowest BCUT2D eigenvalue weighted by molar-refractivity contribution is -0.121. The number of benzene rings is 1. The third kappa shape index (κ3) is 3.42. The molecule has 0 aliphatic carbocycles. The molecule has 122 valence electrons. The van der Waals surface area contributed by atoms with E-state index in [4.69, 9.17) is 4.74 Å². The highest BCUT2D eigenvalue weighted by atomic mass is 32.1. The second-order valence-corrected chi connectivity index (χ2v) is 7.14. The summed E-state index contributed by atoms with van der Waals surface area (Å²) in [6.07, 6.45) is 3.15. The zero-order valence-electron chi connectivity index (χ0n) is 13.7. The van der Waals surface area contributed by atoms with Crippen molar-refractivity contribution in [1.29, 1.82) is 0 Å². The summed E-state index contributed by atoms with van der Waals surface area (Å²) in [6.45, 7) is 4.31. The third-order valence-electron chi connectivity index (χ3n) is 4.74. The maximum Gasteiger partial charge on any atom is 0.225 e. The molecule has 4 heteroatoms. The number of carbonyl (C=O) groups excluding carboxylic acids is 1. The molecule has 1 aromatic carbocycles. The fraction of sp³-hybridized carbons (Fsp3) is 0.421. The van der Waals surface area contributed by atoms with Gasteiger partial charge in [0.1, 0.15) is 11.4 Å². The van der Waals surface area contributed by atoms with Gasteiger partial charge in [-0.3, -0.25) is 4.79 Å². The monoisotopic (exact) mass is 329 g/mol. The number of nitrogens with one attached hydrogen (secondary N) is 1. The normalized spacial score (nSPS) is 18.8. The van der Waals surface area contributed by atoms with Gasteiger partial charge in [-0.05, 0) is 30.4 Å². The lowest BCUT2D eigenvalue weighted by Gasteiger charge is -2.41. The summed E-state index contributed by atoms with van der Waals surface area (Å²) in [4.78, 5) is 13.5. The number of fused-ring (bicyclic) bond motifs is 1. The molecule has 0 radical (unpaired) electrons. The van der Waals surface area contributed by atoms with Crippen LogP contribution in [-0.2, 0) is 11.2 Å². The highest BCUT2D eigenvalue weighted by Gasteiger charge is 2.38. The van der Waals surface area contributed by atoms with Gasteiger partial charge in [0.05, 0.1) is 12.5 Å². The molecular formula is C19H23NO2S. The molecule has 1 aromatic heterocycles. The fourth-order valence-corrected chi connectivity index (χ4v) is 3.95. The van der Waals surface area contributed by atoms with Crippen LogP contribution in [0.5, 0.6) is 5.75 Å².